The van der Waals surface area contributed by atoms with Crippen molar-refractivity contribution in [3.05, 3.63) is 29.3 Å². The minimum absolute atomic E-state index is 0.314. The minimum atomic E-state index is 0.314. The highest BCUT2D eigenvalue weighted by molar-refractivity contribution is 5.76. The Kier molecular flexibility index (Phi) is 8.26. The Morgan fingerprint density at radius 2 is 2.00 bits per heavy atom. The van der Waals surface area contributed by atoms with Crippen LogP contribution in [0.2, 0.25) is 0 Å². The summed E-state index contributed by atoms with van der Waals surface area (Å²) in [5.74, 6) is 2.01. The molecule has 0 aliphatic carbocycles. The number of rotatable bonds is 9. The molecule has 1 aliphatic rings. The van der Waals surface area contributed by atoms with Crippen LogP contribution in [0.3, 0.4) is 0 Å². The molecular formula is C21H34N2O2. The Morgan fingerprint density at radius 3 is 2.72 bits per heavy atom. The van der Waals surface area contributed by atoms with Gasteiger partial charge in [0.1, 0.15) is 5.75 Å². The molecule has 1 heterocycles. The Hall–Kier alpha value is -1.55. The smallest absolute Gasteiger partial charge is 0.222 e. The second-order valence-corrected chi connectivity index (χ2v) is 7.21. The second kappa shape index (κ2) is 10.4. The average molecular weight is 347 g/mol. The van der Waals surface area contributed by atoms with Crippen molar-refractivity contribution in [1.29, 1.82) is 0 Å². The van der Waals surface area contributed by atoms with Crippen LogP contribution in [-0.4, -0.2) is 43.6 Å². The van der Waals surface area contributed by atoms with Crippen LogP contribution in [0.1, 0.15) is 50.2 Å². The van der Waals surface area contributed by atoms with Gasteiger partial charge in [-0.25, -0.2) is 0 Å². The number of carbonyl (C=O) groups is 1. The molecule has 0 atom stereocenters. The lowest BCUT2D eigenvalue weighted by Gasteiger charge is -2.32. The van der Waals surface area contributed by atoms with E-state index in [2.05, 4.69) is 44.3 Å². The van der Waals surface area contributed by atoms with Crippen LogP contribution in [-0.2, 0) is 4.79 Å². The molecule has 0 spiro atoms. The fourth-order valence-electron chi connectivity index (χ4n) is 3.32. The van der Waals surface area contributed by atoms with Crippen LogP contribution >= 0.6 is 0 Å². The number of carbonyl (C=O) groups excluding carboxylic acids is 1. The number of nitrogens with one attached hydrogen (secondary N) is 1. The van der Waals surface area contributed by atoms with E-state index in [1.54, 1.807) is 0 Å². The predicted octanol–water partition coefficient (Wildman–Crippen LogP) is 3.70. The summed E-state index contributed by atoms with van der Waals surface area (Å²) in [5, 5.41) is 3.41. The minimum Gasteiger partial charge on any atom is -0.493 e. The molecule has 1 N–H and O–H groups in total. The van der Waals surface area contributed by atoms with Crippen LogP contribution in [0.5, 0.6) is 5.75 Å². The number of piperidine rings is 1. The van der Waals surface area contributed by atoms with E-state index >= 15 is 0 Å². The van der Waals surface area contributed by atoms with Gasteiger partial charge in [-0.3, -0.25) is 4.79 Å². The van der Waals surface area contributed by atoms with Gasteiger partial charge in [-0.2, -0.15) is 0 Å². The summed E-state index contributed by atoms with van der Waals surface area (Å²) in [6.45, 7) is 10.9. The maximum Gasteiger partial charge on any atom is 0.222 e. The SMILES string of the molecule is CCNCC1CCN(C(=O)CCCCOc2cc(C)ccc2C)CC1. The molecule has 4 heteroatoms. The lowest BCUT2D eigenvalue weighted by molar-refractivity contribution is -0.132. The highest BCUT2D eigenvalue weighted by Crippen LogP contribution is 2.20. The van der Waals surface area contributed by atoms with Crippen molar-refractivity contribution in [1.82, 2.24) is 10.2 Å². The second-order valence-electron chi connectivity index (χ2n) is 7.21. The number of amides is 1. The number of unbranched alkanes of at least 4 members (excludes halogenated alkanes) is 1. The number of benzene rings is 1. The maximum atomic E-state index is 12.3. The molecular weight excluding hydrogens is 312 g/mol. The van der Waals surface area contributed by atoms with Crippen molar-refractivity contribution in [2.24, 2.45) is 5.92 Å². The number of ether oxygens (including phenoxy) is 1. The molecule has 1 amide bonds. The molecule has 4 nitrogen and oxygen atoms in total. The van der Waals surface area contributed by atoms with Gasteiger partial charge in [-0.05, 0) is 75.7 Å². The van der Waals surface area contributed by atoms with Gasteiger partial charge in [0.2, 0.25) is 5.91 Å². The van der Waals surface area contributed by atoms with Crippen LogP contribution in [0, 0.1) is 19.8 Å². The Morgan fingerprint density at radius 1 is 1.24 bits per heavy atom. The molecule has 0 saturated carbocycles. The van der Waals surface area contributed by atoms with E-state index in [0.717, 1.165) is 63.5 Å². The van der Waals surface area contributed by atoms with Crippen molar-refractivity contribution >= 4 is 5.91 Å². The van der Waals surface area contributed by atoms with Gasteiger partial charge in [0.25, 0.3) is 0 Å². The monoisotopic (exact) mass is 346 g/mol. The summed E-state index contributed by atoms with van der Waals surface area (Å²) in [6.07, 6.45) is 4.74. The summed E-state index contributed by atoms with van der Waals surface area (Å²) in [5.41, 5.74) is 2.38. The molecule has 0 aromatic heterocycles. The largest absolute Gasteiger partial charge is 0.493 e. The van der Waals surface area contributed by atoms with Gasteiger partial charge < -0.3 is 15.0 Å². The van der Waals surface area contributed by atoms with E-state index in [1.807, 2.05) is 4.90 Å². The predicted molar refractivity (Wildman–Crippen MR) is 103 cm³/mol. The van der Waals surface area contributed by atoms with E-state index in [4.69, 9.17) is 4.74 Å². The zero-order valence-corrected chi connectivity index (χ0v) is 16.1. The van der Waals surface area contributed by atoms with Crippen molar-refractivity contribution in [2.45, 2.75) is 52.9 Å². The van der Waals surface area contributed by atoms with Crippen molar-refractivity contribution in [2.75, 3.05) is 32.8 Å². The van der Waals surface area contributed by atoms with Crippen LogP contribution in [0.4, 0.5) is 0 Å². The first-order valence-electron chi connectivity index (χ1n) is 9.78. The van der Waals surface area contributed by atoms with Gasteiger partial charge in [-0.15, -0.1) is 0 Å². The third-order valence-corrected chi connectivity index (χ3v) is 5.04. The fourth-order valence-corrected chi connectivity index (χ4v) is 3.32. The molecule has 2 rings (SSSR count). The number of hydrogen-bond donors (Lipinski definition) is 1. The molecule has 1 aromatic carbocycles. The summed E-state index contributed by atoms with van der Waals surface area (Å²) in [7, 11) is 0. The number of likely N-dealkylation sites (tertiary alicyclic amines) is 1. The van der Waals surface area contributed by atoms with Crippen LogP contribution in [0.15, 0.2) is 18.2 Å². The molecule has 1 fully saturated rings. The quantitative estimate of drug-likeness (QED) is 0.693. The Bertz CT molecular complexity index is 537. The highest BCUT2D eigenvalue weighted by atomic mass is 16.5. The molecule has 0 unspecified atom stereocenters. The standard InChI is InChI=1S/C21H34N2O2/c1-4-22-16-19-10-12-23(13-11-19)21(24)7-5-6-14-25-20-15-17(2)8-9-18(20)3/h8-9,15,19,22H,4-7,10-14,16H2,1-3H3. The first kappa shape index (κ1) is 19.8. The van der Waals surface area contributed by atoms with Crippen molar-refractivity contribution < 1.29 is 9.53 Å². The molecule has 0 bridgehead atoms. The highest BCUT2D eigenvalue weighted by Gasteiger charge is 2.21. The third kappa shape index (κ3) is 6.69. The van der Waals surface area contributed by atoms with Gasteiger partial charge in [0.05, 0.1) is 6.61 Å². The summed E-state index contributed by atoms with van der Waals surface area (Å²) in [4.78, 5) is 14.4. The van der Waals surface area contributed by atoms with Crippen LogP contribution < -0.4 is 10.1 Å². The molecule has 25 heavy (non-hydrogen) atoms. The Balaban J connectivity index is 1.59. The molecule has 140 valence electrons. The number of hydrogen-bond acceptors (Lipinski definition) is 3. The number of nitrogens with zero attached hydrogens (tertiary/aromatic N) is 1. The zero-order chi connectivity index (χ0) is 18.1. The maximum absolute atomic E-state index is 12.3. The first-order chi connectivity index (χ1) is 12.1. The van der Waals surface area contributed by atoms with E-state index in [-0.39, 0.29) is 0 Å². The molecule has 1 saturated heterocycles. The fraction of sp³-hybridized carbons (Fsp3) is 0.667. The van der Waals surface area contributed by atoms with Crippen LogP contribution in [0.25, 0.3) is 0 Å². The summed E-state index contributed by atoms with van der Waals surface area (Å²) < 4.78 is 5.86. The van der Waals surface area contributed by atoms with Gasteiger partial charge in [0.15, 0.2) is 0 Å². The summed E-state index contributed by atoms with van der Waals surface area (Å²) in [6, 6.07) is 6.27. The van der Waals surface area contributed by atoms with Gasteiger partial charge in [-0.1, -0.05) is 19.1 Å². The first-order valence-corrected chi connectivity index (χ1v) is 9.78. The molecule has 1 aliphatic heterocycles. The van der Waals surface area contributed by atoms with Gasteiger partial charge in [0, 0.05) is 19.5 Å². The lowest BCUT2D eigenvalue weighted by Crippen LogP contribution is -2.40. The molecule has 1 aromatic rings. The van der Waals surface area contributed by atoms with E-state index in [0.29, 0.717) is 18.9 Å². The zero-order valence-electron chi connectivity index (χ0n) is 16.1. The summed E-state index contributed by atoms with van der Waals surface area (Å²) >= 11 is 0. The third-order valence-electron chi connectivity index (χ3n) is 5.04. The normalized spacial score (nSPS) is 15.4. The van der Waals surface area contributed by atoms with E-state index < -0.39 is 0 Å². The Labute approximate surface area is 152 Å². The number of aryl methyl sites for hydroxylation is 2. The molecule has 0 radical (unpaired) electrons. The van der Waals surface area contributed by atoms with Crippen molar-refractivity contribution in [3.8, 4) is 5.75 Å². The van der Waals surface area contributed by atoms with E-state index in [9.17, 15) is 4.79 Å². The van der Waals surface area contributed by atoms with Gasteiger partial charge >= 0.3 is 0 Å². The average Bonchev–Trinajstić information content (AvgIpc) is 2.62. The lowest BCUT2D eigenvalue weighted by atomic mass is 9.96. The van der Waals surface area contributed by atoms with E-state index in [1.165, 1.54) is 11.1 Å². The topological polar surface area (TPSA) is 41.6 Å². The van der Waals surface area contributed by atoms with Crippen molar-refractivity contribution in [3.63, 3.8) is 0 Å².